The molecule has 11 heteroatoms. The largest absolute Gasteiger partial charge is 0.394 e. The summed E-state index contributed by atoms with van der Waals surface area (Å²) in [5.74, 6) is 4.34. The van der Waals surface area contributed by atoms with Crippen molar-refractivity contribution < 1.29 is 39.2 Å². The quantitative estimate of drug-likeness (QED) is 0.0443. The number of rotatable bonds is 31. The molecule has 2 fully saturated rings. The molecule has 5 N–H and O–H groups in total. The van der Waals surface area contributed by atoms with Crippen molar-refractivity contribution in [2.24, 2.45) is 10.3 Å². The van der Waals surface area contributed by atoms with Crippen LogP contribution in [0.4, 0.5) is 0 Å². The maximum atomic E-state index is 13.7. The first kappa shape index (κ1) is 49.2. The van der Waals surface area contributed by atoms with Gasteiger partial charge in [0.05, 0.1) is 19.3 Å². The molecule has 318 valence electrons. The molecule has 2 saturated heterocycles. The van der Waals surface area contributed by atoms with E-state index in [0.29, 0.717) is 12.2 Å². The molecule has 53 heavy (non-hydrogen) atoms. The van der Waals surface area contributed by atoms with Crippen molar-refractivity contribution in [3.8, 4) is 0 Å². The van der Waals surface area contributed by atoms with E-state index in [0.717, 1.165) is 44.4 Å². The molecule has 0 saturated carbocycles. The van der Waals surface area contributed by atoms with Gasteiger partial charge in [-0.05, 0) is 55.6 Å². The van der Waals surface area contributed by atoms with Gasteiger partial charge < -0.3 is 35.0 Å². The minimum absolute atomic E-state index is 0.160. The van der Waals surface area contributed by atoms with E-state index in [-0.39, 0.29) is 16.6 Å². The van der Waals surface area contributed by atoms with Gasteiger partial charge in [-0.2, -0.15) is 0 Å². The molecule has 0 radical (unpaired) electrons. The monoisotopic (exact) mass is 796 g/mol. The lowest BCUT2D eigenvalue weighted by Gasteiger charge is -2.40. The standard InChI is InChI=1S/C42H85NO8S2/c1-5-6-7-8-9-10-11-12-13-14-18-21-24-27-37(45)36(34-50-42-41(48)40(47)39(46)38(33-44)51-42)43-53(4,49)30-25-22-19-16-15-17-20-23-26-35-28-31-52(2,3)32-29-35/h35-42,44-48H,5-34H2,1-4H3/t36-,37+,38?,39?,40?,41?,42?,53?/m0/s1. The highest BCUT2D eigenvalue weighted by Gasteiger charge is 2.44. The highest BCUT2D eigenvalue weighted by molar-refractivity contribution is 8.32. The summed E-state index contributed by atoms with van der Waals surface area (Å²) in [6, 6.07) is -0.793. The van der Waals surface area contributed by atoms with Crippen molar-refractivity contribution >= 4 is 19.8 Å². The van der Waals surface area contributed by atoms with Gasteiger partial charge in [-0.15, -0.1) is 0 Å². The summed E-state index contributed by atoms with van der Waals surface area (Å²) in [6.07, 6.45) is 29.1. The van der Waals surface area contributed by atoms with Crippen molar-refractivity contribution in [1.82, 2.24) is 0 Å². The zero-order chi connectivity index (χ0) is 39.0. The lowest BCUT2D eigenvalue weighted by atomic mass is 9.95. The third kappa shape index (κ3) is 21.9. The predicted molar refractivity (Wildman–Crippen MR) is 225 cm³/mol. The second-order valence-corrected chi connectivity index (χ2v) is 24.1. The molecule has 2 heterocycles. The lowest BCUT2D eigenvalue weighted by Crippen LogP contribution is -2.59. The molecule has 2 rings (SSSR count). The van der Waals surface area contributed by atoms with Crippen LogP contribution in [0.1, 0.15) is 167 Å². The summed E-state index contributed by atoms with van der Waals surface area (Å²) in [5, 5.41) is 51.6. The molecule has 8 atom stereocenters. The van der Waals surface area contributed by atoms with Crippen LogP contribution >= 0.6 is 10.0 Å². The van der Waals surface area contributed by atoms with Crippen molar-refractivity contribution in [3.05, 3.63) is 0 Å². The maximum absolute atomic E-state index is 13.7. The highest BCUT2D eigenvalue weighted by Crippen LogP contribution is 2.47. The average Bonchev–Trinajstić information content (AvgIpc) is 3.12. The minimum atomic E-state index is -2.60. The van der Waals surface area contributed by atoms with Crippen LogP contribution in [-0.4, -0.2) is 122 Å². The Morgan fingerprint density at radius 1 is 0.736 bits per heavy atom. The highest BCUT2D eigenvalue weighted by atomic mass is 32.3. The summed E-state index contributed by atoms with van der Waals surface area (Å²) in [4.78, 5) is 0. The SMILES string of the molecule is CCCCCCCCCCCCCCC[C@@H](O)[C@H](COC1OC(CO)C(O)C(O)C1O)N=S(C)(=O)CCCCCCCCCCC1CCS(C)(C)CC1. The van der Waals surface area contributed by atoms with Gasteiger partial charge in [-0.3, -0.25) is 4.21 Å². The Morgan fingerprint density at radius 2 is 1.23 bits per heavy atom. The van der Waals surface area contributed by atoms with Gasteiger partial charge in [0.2, 0.25) is 0 Å². The molecule has 6 unspecified atom stereocenters. The molecule has 9 nitrogen and oxygen atoms in total. The normalized spacial score (nSPS) is 26.5. The fraction of sp³-hybridized carbons (Fsp3) is 1.00. The number of hydrogen-bond donors (Lipinski definition) is 5. The van der Waals surface area contributed by atoms with Gasteiger partial charge in [0.15, 0.2) is 6.29 Å². The summed E-state index contributed by atoms with van der Waals surface area (Å²) < 4.78 is 29.6. The fourth-order valence-electron chi connectivity index (χ4n) is 7.88. The smallest absolute Gasteiger partial charge is 0.186 e. The Hall–Kier alpha value is 0.0200. The predicted octanol–water partition coefficient (Wildman–Crippen LogP) is 8.10. The number of ether oxygens (including phenoxy) is 2. The molecular weight excluding hydrogens is 711 g/mol. The molecule has 2 aliphatic heterocycles. The van der Waals surface area contributed by atoms with Crippen LogP contribution < -0.4 is 0 Å². The molecule has 0 aromatic heterocycles. The van der Waals surface area contributed by atoms with Crippen LogP contribution in [0, 0.1) is 5.92 Å². The molecule has 0 bridgehead atoms. The van der Waals surface area contributed by atoms with Crippen LogP contribution in [-0.2, 0) is 19.2 Å². The van der Waals surface area contributed by atoms with E-state index in [1.54, 1.807) is 6.26 Å². The van der Waals surface area contributed by atoms with Gasteiger partial charge in [0, 0.05) is 21.7 Å². The van der Waals surface area contributed by atoms with Crippen LogP contribution in [0.25, 0.3) is 0 Å². The molecule has 0 aliphatic carbocycles. The van der Waals surface area contributed by atoms with Gasteiger partial charge >= 0.3 is 0 Å². The Balaban J connectivity index is 1.74. The Labute approximate surface area is 327 Å². The second kappa shape index (κ2) is 28.4. The van der Waals surface area contributed by atoms with Crippen LogP contribution in [0.5, 0.6) is 0 Å². The number of nitrogens with zero attached hydrogens (tertiary/aromatic N) is 1. The lowest BCUT2D eigenvalue weighted by molar-refractivity contribution is -0.302. The molecule has 2 aliphatic rings. The van der Waals surface area contributed by atoms with Crippen LogP contribution in [0.2, 0.25) is 0 Å². The third-order valence-electron chi connectivity index (χ3n) is 11.7. The van der Waals surface area contributed by atoms with E-state index in [4.69, 9.17) is 9.47 Å². The van der Waals surface area contributed by atoms with E-state index in [1.807, 2.05) is 0 Å². The Kier molecular flexibility index (Phi) is 26.4. The van der Waals surface area contributed by atoms with Crippen LogP contribution in [0.15, 0.2) is 4.36 Å². The van der Waals surface area contributed by atoms with Crippen molar-refractivity contribution in [2.45, 2.75) is 210 Å². The molecular formula is C42H85NO8S2. The van der Waals surface area contributed by atoms with E-state index in [1.165, 1.54) is 127 Å². The van der Waals surface area contributed by atoms with Crippen molar-refractivity contribution in [3.63, 3.8) is 0 Å². The topological polar surface area (TPSA) is 149 Å². The third-order valence-corrected chi connectivity index (χ3v) is 16.2. The Morgan fingerprint density at radius 3 is 1.75 bits per heavy atom. The first-order valence-corrected chi connectivity index (χ1v) is 26.7. The number of aliphatic hydroxyl groups is 5. The van der Waals surface area contributed by atoms with E-state index >= 15 is 0 Å². The summed E-state index contributed by atoms with van der Waals surface area (Å²) in [6.45, 7) is 1.54. The number of aliphatic hydroxyl groups excluding tert-OH is 5. The van der Waals surface area contributed by atoms with Crippen molar-refractivity contribution in [1.29, 1.82) is 0 Å². The zero-order valence-corrected chi connectivity index (χ0v) is 36.2. The first-order valence-electron chi connectivity index (χ1n) is 21.9. The minimum Gasteiger partial charge on any atom is -0.394 e. The van der Waals surface area contributed by atoms with Gasteiger partial charge in [0.1, 0.15) is 30.5 Å². The second-order valence-electron chi connectivity index (χ2n) is 17.2. The van der Waals surface area contributed by atoms with Crippen molar-refractivity contribution in [2.75, 3.05) is 49.2 Å². The summed E-state index contributed by atoms with van der Waals surface area (Å²) >= 11 is 0. The van der Waals surface area contributed by atoms with Gasteiger partial charge in [-0.25, -0.2) is 14.4 Å². The van der Waals surface area contributed by atoms with E-state index < -0.39 is 59.2 Å². The number of hydrogen-bond acceptors (Lipinski definition) is 9. The first-order chi connectivity index (χ1) is 25.4. The summed E-state index contributed by atoms with van der Waals surface area (Å²) in [5.41, 5.74) is 0. The molecule has 0 spiro atoms. The number of unbranched alkanes of at least 4 members (excludes halogenated alkanes) is 19. The fourth-order valence-corrected chi connectivity index (χ4v) is 11.6. The van der Waals surface area contributed by atoms with Gasteiger partial charge in [-0.1, -0.05) is 142 Å². The Bertz CT molecular complexity index is 1010. The zero-order valence-electron chi connectivity index (χ0n) is 34.6. The maximum Gasteiger partial charge on any atom is 0.186 e. The van der Waals surface area contributed by atoms with Crippen LogP contribution in [0.3, 0.4) is 0 Å². The average molecular weight is 796 g/mol. The summed E-state index contributed by atoms with van der Waals surface area (Å²) in [7, 11) is -2.89. The van der Waals surface area contributed by atoms with E-state index in [9.17, 15) is 29.7 Å². The molecule has 0 aromatic rings. The van der Waals surface area contributed by atoms with Gasteiger partial charge in [0.25, 0.3) is 0 Å². The van der Waals surface area contributed by atoms with E-state index in [2.05, 4.69) is 23.8 Å². The molecule has 0 amide bonds. The molecule has 0 aromatic carbocycles.